The van der Waals surface area contributed by atoms with E-state index in [0.717, 1.165) is 11.3 Å². The summed E-state index contributed by atoms with van der Waals surface area (Å²) in [6.45, 7) is 0.483. The molecule has 2 aromatic rings. The molecule has 1 aromatic carbocycles. The summed E-state index contributed by atoms with van der Waals surface area (Å²) in [7, 11) is 1.65. The number of methoxy groups -OCH3 is 1. The molecule has 3 heterocycles. The van der Waals surface area contributed by atoms with E-state index in [-0.39, 0.29) is 24.7 Å². The van der Waals surface area contributed by atoms with Crippen molar-refractivity contribution in [2.45, 2.75) is 24.7 Å². The summed E-state index contributed by atoms with van der Waals surface area (Å²) in [5, 5.41) is 0. The summed E-state index contributed by atoms with van der Waals surface area (Å²) in [6.07, 6.45) is 8.58. The number of imidazole rings is 1. The molecule has 1 saturated heterocycles. The molecule has 6 heteroatoms. The van der Waals surface area contributed by atoms with E-state index in [1.807, 2.05) is 47.2 Å². The van der Waals surface area contributed by atoms with Gasteiger partial charge >= 0.3 is 0 Å². The maximum Gasteiger partial charge on any atom is 0.184 e. The van der Waals surface area contributed by atoms with Crippen molar-refractivity contribution in [1.82, 2.24) is 9.55 Å². The van der Waals surface area contributed by atoms with E-state index in [2.05, 4.69) is 4.98 Å². The first kappa shape index (κ1) is 14.4. The van der Waals surface area contributed by atoms with Crippen LogP contribution >= 0.6 is 0 Å². The third-order valence-corrected chi connectivity index (χ3v) is 4.05. The zero-order valence-corrected chi connectivity index (χ0v) is 12.7. The molecule has 4 rings (SSSR count). The van der Waals surface area contributed by atoms with E-state index in [4.69, 9.17) is 18.9 Å². The molecule has 1 fully saturated rings. The summed E-state index contributed by atoms with van der Waals surface area (Å²) in [4.78, 5) is 4.04. The average Bonchev–Trinajstić information content (AvgIpc) is 3.15. The van der Waals surface area contributed by atoms with Crippen LogP contribution < -0.4 is 4.74 Å². The van der Waals surface area contributed by atoms with E-state index in [9.17, 15) is 0 Å². The van der Waals surface area contributed by atoms with Gasteiger partial charge in [0, 0.05) is 18.0 Å². The van der Waals surface area contributed by atoms with E-state index in [0.29, 0.717) is 6.61 Å². The second-order valence-corrected chi connectivity index (χ2v) is 5.50. The third kappa shape index (κ3) is 2.88. The lowest BCUT2D eigenvalue weighted by Crippen LogP contribution is -2.44. The monoisotopic (exact) mass is 314 g/mol. The van der Waals surface area contributed by atoms with Gasteiger partial charge in [-0.05, 0) is 18.2 Å². The van der Waals surface area contributed by atoms with Crippen LogP contribution in [0.1, 0.15) is 18.1 Å². The number of rotatable bonds is 3. The molecule has 2 aliphatic heterocycles. The molecule has 120 valence electrons. The van der Waals surface area contributed by atoms with E-state index in [1.165, 1.54) is 0 Å². The van der Waals surface area contributed by atoms with Crippen LogP contribution in [0.5, 0.6) is 5.75 Å². The van der Waals surface area contributed by atoms with Crippen molar-refractivity contribution in [3.05, 3.63) is 60.7 Å². The Morgan fingerprint density at radius 3 is 2.78 bits per heavy atom. The minimum atomic E-state index is -0.389. The van der Waals surface area contributed by atoms with Crippen LogP contribution in [0.25, 0.3) is 0 Å². The van der Waals surface area contributed by atoms with Gasteiger partial charge in [0.25, 0.3) is 0 Å². The Labute approximate surface area is 134 Å². The van der Waals surface area contributed by atoms with Gasteiger partial charge in [0.1, 0.15) is 18.0 Å². The van der Waals surface area contributed by atoms with Gasteiger partial charge in [-0.1, -0.05) is 18.2 Å². The number of fused-ring (bicyclic) bond motifs is 1. The van der Waals surface area contributed by atoms with Gasteiger partial charge in [-0.2, -0.15) is 0 Å². The summed E-state index contributed by atoms with van der Waals surface area (Å²) >= 11 is 0. The quantitative estimate of drug-likeness (QED) is 0.815. The number of benzene rings is 1. The number of hydrogen-bond donors (Lipinski definition) is 0. The zero-order chi connectivity index (χ0) is 15.6. The van der Waals surface area contributed by atoms with Crippen LogP contribution in [0.4, 0.5) is 0 Å². The van der Waals surface area contributed by atoms with Crippen LogP contribution in [0, 0.1) is 0 Å². The highest BCUT2D eigenvalue weighted by molar-refractivity contribution is 5.28. The molecule has 0 spiro atoms. The van der Waals surface area contributed by atoms with Gasteiger partial charge in [-0.3, -0.25) is 0 Å². The minimum Gasteiger partial charge on any atom is -0.497 e. The lowest BCUT2D eigenvalue weighted by atomic mass is 10.1. The maximum absolute atomic E-state index is 6.02. The Balaban J connectivity index is 1.46. The highest BCUT2D eigenvalue weighted by Crippen LogP contribution is 2.33. The summed E-state index contributed by atoms with van der Waals surface area (Å²) in [6, 6.07) is 7.70. The number of hydrogen-bond acceptors (Lipinski definition) is 5. The summed E-state index contributed by atoms with van der Waals surface area (Å²) in [5.74, 6) is 0.812. The summed E-state index contributed by atoms with van der Waals surface area (Å²) < 4.78 is 24.9. The van der Waals surface area contributed by atoms with Crippen molar-refractivity contribution >= 4 is 0 Å². The van der Waals surface area contributed by atoms with Crippen LogP contribution in [0.2, 0.25) is 0 Å². The number of ether oxygens (including phenoxy) is 4. The molecule has 4 atom stereocenters. The molecule has 1 aromatic heterocycles. The molecule has 0 bridgehead atoms. The smallest absolute Gasteiger partial charge is 0.184 e. The highest BCUT2D eigenvalue weighted by atomic mass is 16.7. The molecule has 6 nitrogen and oxygen atoms in total. The van der Waals surface area contributed by atoms with Gasteiger partial charge in [0.2, 0.25) is 0 Å². The molecular weight excluding hydrogens is 296 g/mol. The molecule has 0 saturated carbocycles. The SMILES string of the molecule is COc1ccc([C@@H]2OC[C@H]3O[C@@H](n4ccnc4)C=C[C@@H]3O2)cc1. The first-order chi connectivity index (χ1) is 11.3. The standard InChI is InChI=1S/C17H18N2O4/c1-20-13-4-2-12(3-5-13)17-21-10-15-14(23-17)6-7-16(22-15)19-9-8-18-11-19/h2-9,11,14-17H,10H2,1H3/t14-,15+,16+,17+/m0/s1. The lowest BCUT2D eigenvalue weighted by molar-refractivity contribution is -0.267. The van der Waals surface area contributed by atoms with Gasteiger partial charge < -0.3 is 23.5 Å². The van der Waals surface area contributed by atoms with E-state index < -0.39 is 0 Å². The van der Waals surface area contributed by atoms with Gasteiger partial charge in [-0.25, -0.2) is 4.98 Å². The molecule has 0 amide bonds. The fourth-order valence-corrected chi connectivity index (χ4v) is 2.79. The highest BCUT2D eigenvalue weighted by Gasteiger charge is 2.36. The summed E-state index contributed by atoms with van der Waals surface area (Å²) in [5.41, 5.74) is 0.967. The maximum atomic E-state index is 6.02. The first-order valence-electron chi connectivity index (χ1n) is 7.56. The van der Waals surface area contributed by atoms with Crippen LogP contribution in [0.15, 0.2) is 55.1 Å². The Morgan fingerprint density at radius 2 is 2.04 bits per heavy atom. The van der Waals surface area contributed by atoms with Crippen molar-refractivity contribution in [3.63, 3.8) is 0 Å². The Hall–Kier alpha value is -2.15. The average molecular weight is 314 g/mol. The van der Waals surface area contributed by atoms with Crippen LogP contribution in [-0.4, -0.2) is 35.5 Å². The number of nitrogens with zero attached hydrogens (tertiary/aromatic N) is 2. The molecule has 0 N–H and O–H groups in total. The topological polar surface area (TPSA) is 54.7 Å². The van der Waals surface area contributed by atoms with Crippen molar-refractivity contribution < 1.29 is 18.9 Å². The fraction of sp³-hybridized carbons (Fsp3) is 0.353. The fourth-order valence-electron chi connectivity index (χ4n) is 2.79. The van der Waals surface area contributed by atoms with Crippen molar-refractivity contribution in [1.29, 1.82) is 0 Å². The van der Waals surface area contributed by atoms with E-state index in [1.54, 1.807) is 19.6 Å². The van der Waals surface area contributed by atoms with Gasteiger partial charge in [0.05, 0.1) is 20.0 Å². The molecule has 2 aliphatic rings. The third-order valence-electron chi connectivity index (χ3n) is 4.05. The van der Waals surface area contributed by atoms with E-state index >= 15 is 0 Å². The van der Waals surface area contributed by atoms with Crippen molar-refractivity contribution in [2.24, 2.45) is 0 Å². The molecule has 0 radical (unpaired) electrons. The van der Waals surface area contributed by atoms with Crippen LogP contribution in [0.3, 0.4) is 0 Å². The molecule has 23 heavy (non-hydrogen) atoms. The largest absolute Gasteiger partial charge is 0.497 e. The normalized spacial score (nSPS) is 30.0. The zero-order valence-electron chi connectivity index (χ0n) is 12.7. The molecule has 0 aliphatic carbocycles. The number of aromatic nitrogens is 2. The van der Waals surface area contributed by atoms with Crippen molar-refractivity contribution in [2.75, 3.05) is 13.7 Å². The molecular formula is C17H18N2O4. The second kappa shape index (κ2) is 6.16. The van der Waals surface area contributed by atoms with Crippen molar-refractivity contribution in [3.8, 4) is 5.75 Å². The van der Waals surface area contributed by atoms with Crippen LogP contribution in [-0.2, 0) is 14.2 Å². The minimum absolute atomic E-state index is 0.115. The predicted octanol–water partition coefficient (Wildman–Crippen LogP) is 2.46. The van der Waals surface area contributed by atoms with Gasteiger partial charge in [-0.15, -0.1) is 0 Å². The predicted molar refractivity (Wildman–Crippen MR) is 81.8 cm³/mol. The Bertz CT molecular complexity index is 668. The Kier molecular flexibility index (Phi) is 3.87. The first-order valence-corrected chi connectivity index (χ1v) is 7.56. The Morgan fingerprint density at radius 1 is 1.17 bits per heavy atom. The molecule has 0 unspecified atom stereocenters. The van der Waals surface area contributed by atoms with Gasteiger partial charge in [0.15, 0.2) is 12.5 Å². The second-order valence-electron chi connectivity index (χ2n) is 5.50. The lowest BCUT2D eigenvalue weighted by Gasteiger charge is -2.39.